The molecule has 136 valence electrons. The van der Waals surface area contributed by atoms with Crippen LogP contribution in [0.2, 0.25) is 15.1 Å². The lowest BCUT2D eigenvalue weighted by Crippen LogP contribution is -2.41. The van der Waals surface area contributed by atoms with Crippen LogP contribution in [0.4, 0.5) is 5.69 Å². The average molecular weight is 417 g/mol. The largest absolute Gasteiger partial charge is 0.354 e. The Kier molecular flexibility index (Phi) is 8.08. The number of halogens is 3. The second kappa shape index (κ2) is 9.10. The molecule has 10 heteroatoms. The minimum Gasteiger partial charge on any atom is -0.354 e. The van der Waals surface area contributed by atoms with Crippen molar-refractivity contribution in [2.45, 2.75) is 6.42 Å². The van der Waals surface area contributed by atoms with Crippen molar-refractivity contribution in [1.82, 2.24) is 10.2 Å². The smallest absolute Gasteiger partial charge is 0.240 e. The highest BCUT2D eigenvalue weighted by Gasteiger charge is 2.24. The Balaban J connectivity index is 2.89. The quantitative estimate of drug-likeness (QED) is 0.522. The van der Waals surface area contributed by atoms with Crippen LogP contribution in [0.15, 0.2) is 12.1 Å². The van der Waals surface area contributed by atoms with Crippen LogP contribution in [-0.4, -0.2) is 59.2 Å². The summed E-state index contributed by atoms with van der Waals surface area (Å²) in [6, 6.07) is 2.67. The summed E-state index contributed by atoms with van der Waals surface area (Å²) in [5.41, 5.74) is 0.108. The number of rotatable bonds is 8. The second-order valence-corrected chi connectivity index (χ2v) is 8.62. The van der Waals surface area contributed by atoms with E-state index >= 15 is 0 Å². The van der Waals surface area contributed by atoms with Crippen LogP contribution in [0, 0.1) is 0 Å². The molecule has 0 heterocycles. The lowest BCUT2D eigenvalue weighted by Gasteiger charge is -2.23. The number of carbonyl (C=O) groups excluding carboxylic acids is 1. The first-order valence-corrected chi connectivity index (χ1v) is 10.0. The molecule has 0 aliphatic rings. The number of benzene rings is 1. The molecular weight excluding hydrogens is 397 g/mol. The minimum absolute atomic E-state index is 0.0928. The topological polar surface area (TPSA) is 69.7 Å². The first-order chi connectivity index (χ1) is 11.0. The summed E-state index contributed by atoms with van der Waals surface area (Å²) in [7, 11) is 0.129. The van der Waals surface area contributed by atoms with Gasteiger partial charge in [0.25, 0.3) is 0 Å². The van der Waals surface area contributed by atoms with Gasteiger partial charge in [0.05, 0.1) is 27.0 Å². The summed E-state index contributed by atoms with van der Waals surface area (Å²) in [6.45, 7) is 0.872. The lowest BCUT2D eigenvalue weighted by atomic mass is 10.3. The fourth-order valence-corrected chi connectivity index (χ4v) is 3.45. The van der Waals surface area contributed by atoms with Gasteiger partial charge in [0.2, 0.25) is 15.9 Å². The number of nitrogens with one attached hydrogen (secondary N) is 1. The maximum atomic E-state index is 12.0. The third-order valence-electron chi connectivity index (χ3n) is 3.05. The fourth-order valence-electron chi connectivity index (χ4n) is 1.89. The molecule has 0 saturated carbocycles. The Labute approximate surface area is 157 Å². The third-order valence-corrected chi connectivity index (χ3v) is 5.20. The van der Waals surface area contributed by atoms with Gasteiger partial charge in [-0.05, 0) is 39.2 Å². The Hall–Kier alpha value is -0.730. The van der Waals surface area contributed by atoms with Crippen LogP contribution in [0.1, 0.15) is 6.42 Å². The van der Waals surface area contributed by atoms with E-state index in [1.807, 2.05) is 19.0 Å². The molecule has 6 nitrogen and oxygen atoms in total. The SMILES string of the molecule is CN(C)CCCNC(=O)CN(c1cc(Cl)c(Cl)cc1Cl)S(C)(=O)=O. The highest BCUT2D eigenvalue weighted by molar-refractivity contribution is 7.92. The zero-order chi connectivity index (χ0) is 18.5. The second-order valence-electron chi connectivity index (χ2n) is 5.49. The van der Waals surface area contributed by atoms with E-state index in [4.69, 9.17) is 34.8 Å². The first kappa shape index (κ1) is 21.3. The minimum atomic E-state index is -3.73. The highest BCUT2D eigenvalue weighted by Crippen LogP contribution is 2.35. The van der Waals surface area contributed by atoms with Gasteiger partial charge in [0, 0.05) is 6.54 Å². The van der Waals surface area contributed by atoms with E-state index in [0.29, 0.717) is 6.54 Å². The van der Waals surface area contributed by atoms with Gasteiger partial charge in [-0.25, -0.2) is 8.42 Å². The van der Waals surface area contributed by atoms with Crippen molar-refractivity contribution in [1.29, 1.82) is 0 Å². The molecule has 1 N–H and O–H groups in total. The molecular formula is C14H20Cl3N3O3S. The zero-order valence-electron chi connectivity index (χ0n) is 13.6. The molecule has 0 aliphatic carbocycles. The predicted octanol–water partition coefficient (Wildman–Crippen LogP) is 2.48. The van der Waals surface area contributed by atoms with Crippen LogP contribution >= 0.6 is 34.8 Å². The molecule has 0 spiro atoms. The van der Waals surface area contributed by atoms with E-state index in [-0.39, 0.29) is 20.8 Å². The van der Waals surface area contributed by atoms with Gasteiger partial charge in [-0.15, -0.1) is 0 Å². The lowest BCUT2D eigenvalue weighted by molar-refractivity contribution is -0.119. The highest BCUT2D eigenvalue weighted by atomic mass is 35.5. The summed E-state index contributed by atoms with van der Waals surface area (Å²) in [5.74, 6) is -0.429. The fraction of sp³-hybridized carbons (Fsp3) is 0.500. The monoisotopic (exact) mass is 415 g/mol. The summed E-state index contributed by atoms with van der Waals surface area (Å²) in [4.78, 5) is 14.0. The van der Waals surface area contributed by atoms with Gasteiger partial charge in [-0.2, -0.15) is 0 Å². The van der Waals surface area contributed by atoms with E-state index in [1.165, 1.54) is 12.1 Å². The third kappa shape index (κ3) is 6.64. The van der Waals surface area contributed by atoms with Crippen molar-refractivity contribution >= 4 is 56.4 Å². The average Bonchev–Trinajstić information content (AvgIpc) is 2.44. The van der Waals surface area contributed by atoms with Gasteiger partial charge in [0.1, 0.15) is 6.54 Å². The van der Waals surface area contributed by atoms with Gasteiger partial charge >= 0.3 is 0 Å². The molecule has 1 aromatic rings. The van der Waals surface area contributed by atoms with E-state index < -0.39 is 22.5 Å². The molecule has 0 saturated heterocycles. The number of sulfonamides is 1. The van der Waals surface area contributed by atoms with Gasteiger partial charge in [-0.3, -0.25) is 9.10 Å². The first-order valence-electron chi connectivity index (χ1n) is 7.06. The van der Waals surface area contributed by atoms with Gasteiger partial charge in [0.15, 0.2) is 0 Å². The summed E-state index contributed by atoms with van der Waals surface area (Å²) >= 11 is 17.8. The normalized spacial score (nSPS) is 11.6. The molecule has 1 aromatic carbocycles. The molecule has 0 radical (unpaired) electrons. The van der Waals surface area contributed by atoms with Crippen LogP contribution in [0.3, 0.4) is 0 Å². The molecule has 24 heavy (non-hydrogen) atoms. The molecule has 0 aliphatic heterocycles. The Morgan fingerprint density at radius 3 is 2.25 bits per heavy atom. The van der Waals surface area contributed by atoms with Crippen molar-refractivity contribution in [3.8, 4) is 0 Å². The van der Waals surface area contributed by atoms with Crippen LogP contribution in [0.25, 0.3) is 0 Å². The molecule has 1 amide bonds. The number of amides is 1. The molecule has 0 aromatic heterocycles. The Morgan fingerprint density at radius 1 is 1.12 bits per heavy atom. The summed E-state index contributed by atoms with van der Waals surface area (Å²) in [6.07, 6.45) is 1.75. The van der Waals surface area contributed by atoms with Crippen molar-refractivity contribution < 1.29 is 13.2 Å². The maximum absolute atomic E-state index is 12.0. The van der Waals surface area contributed by atoms with Crippen molar-refractivity contribution in [2.24, 2.45) is 0 Å². The van der Waals surface area contributed by atoms with E-state index in [2.05, 4.69) is 5.32 Å². The number of nitrogens with zero attached hydrogens (tertiary/aromatic N) is 2. The Morgan fingerprint density at radius 2 is 1.71 bits per heavy atom. The van der Waals surface area contributed by atoms with Gasteiger partial charge in [-0.1, -0.05) is 34.8 Å². The number of carbonyl (C=O) groups is 1. The molecule has 0 bridgehead atoms. The van der Waals surface area contributed by atoms with Crippen molar-refractivity contribution in [3.63, 3.8) is 0 Å². The van der Waals surface area contributed by atoms with Gasteiger partial charge < -0.3 is 10.2 Å². The predicted molar refractivity (Wildman–Crippen MR) is 99.8 cm³/mol. The van der Waals surface area contributed by atoms with Crippen molar-refractivity contribution in [3.05, 3.63) is 27.2 Å². The molecule has 1 rings (SSSR count). The van der Waals surface area contributed by atoms with Crippen molar-refractivity contribution in [2.75, 3.05) is 44.3 Å². The number of hydrogen-bond acceptors (Lipinski definition) is 4. The van der Waals surface area contributed by atoms with Crippen LogP contribution < -0.4 is 9.62 Å². The number of anilines is 1. The molecule has 0 fully saturated rings. The van der Waals surface area contributed by atoms with Crippen LogP contribution in [0.5, 0.6) is 0 Å². The molecule has 0 atom stereocenters. The Bertz CT molecular complexity index is 696. The molecule has 0 unspecified atom stereocenters. The van der Waals surface area contributed by atoms with E-state index in [0.717, 1.165) is 23.5 Å². The van der Waals surface area contributed by atoms with Crippen LogP contribution in [-0.2, 0) is 14.8 Å². The number of hydrogen-bond donors (Lipinski definition) is 1. The summed E-state index contributed by atoms with van der Waals surface area (Å²) in [5, 5.41) is 3.12. The van der Waals surface area contributed by atoms with E-state index in [9.17, 15) is 13.2 Å². The van der Waals surface area contributed by atoms with E-state index in [1.54, 1.807) is 0 Å². The summed E-state index contributed by atoms with van der Waals surface area (Å²) < 4.78 is 25.0. The standard InChI is InChI=1S/C14H20Cl3N3O3S/c1-19(2)6-4-5-18-14(21)9-20(24(3,22)23)13-8-11(16)10(15)7-12(13)17/h7-8H,4-6,9H2,1-3H3,(H,18,21). The zero-order valence-corrected chi connectivity index (χ0v) is 16.7. The maximum Gasteiger partial charge on any atom is 0.240 e.